The molecular weight excluding hydrogens is 468 g/mol. The van der Waals surface area contributed by atoms with Gasteiger partial charge >= 0.3 is 0 Å². The number of hydrogen-bond acceptors (Lipinski definition) is 0. The van der Waals surface area contributed by atoms with Crippen LogP contribution in [-0.2, 0) is 63.2 Å². The molecule has 4 heteroatoms. The van der Waals surface area contributed by atoms with Crippen LogP contribution in [0.2, 0.25) is 0 Å². The van der Waals surface area contributed by atoms with Gasteiger partial charge in [0.15, 0.2) is 0 Å². The minimum atomic E-state index is 0. The molecule has 0 aromatic heterocycles. The summed E-state index contributed by atoms with van der Waals surface area (Å²) in [4.78, 5) is 0. The Bertz CT molecular complexity index is 8.00. The number of hydrogen-bond donors (Lipinski definition) is 0. The summed E-state index contributed by atoms with van der Waals surface area (Å²) >= 11 is 0. The third-order valence-electron chi connectivity index (χ3n) is 0. The topological polar surface area (TPSA) is 0 Å². The van der Waals surface area contributed by atoms with Crippen LogP contribution < -0.4 is 0 Å². The Morgan fingerprint density at radius 3 is 1.00 bits per heavy atom. The Balaban J connectivity index is 0. The average Bonchev–Trinajstić information content (AvgIpc) is 0. The zero-order chi connectivity index (χ0) is 0. The molecule has 0 saturated heterocycles. The molecule has 0 N–H and O–H groups in total. The standard InChI is InChI=1S/Pd.Pt.Sn.Ti. The summed E-state index contributed by atoms with van der Waals surface area (Å²) in [6, 6.07) is 0. The van der Waals surface area contributed by atoms with Gasteiger partial charge in [-0.3, -0.25) is 0 Å². The van der Waals surface area contributed by atoms with Crippen LogP contribution in [0.15, 0.2) is 0 Å². The summed E-state index contributed by atoms with van der Waals surface area (Å²) in [5.41, 5.74) is 0. The Kier molecular flexibility index (Phi) is 122. The van der Waals surface area contributed by atoms with Crippen LogP contribution in [0, 0.1) is 0 Å². The third kappa shape index (κ3) is 8.85. The summed E-state index contributed by atoms with van der Waals surface area (Å²) in [5.74, 6) is 0. The Morgan fingerprint density at radius 2 is 1.00 bits per heavy atom. The van der Waals surface area contributed by atoms with Gasteiger partial charge < -0.3 is 0 Å². The molecule has 0 nitrogen and oxygen atoms in total. The van der Waals surface area contributed by atoms with Gasteiger partial charge in [0.25, 0.3) is 0 Å². The van der Waals surface area contributed by atoms with Crippen LogP contribution in [-0.4, -0.2) is 23.9 Å². The van der Waals surface area contributed by atoms with Gasteiger partial charge in [-0.1, -0.05) is 0 Å². The van der Waals surface area contributed by atoms with Gasteiger partial charge in [-0.2, -0.15) is 0 Å². The maximum absolute atomic E-state index is 0. The van der Waals surface area contributed by atoms with Crippen LogP contribution in [0.25, 0.3) is 0 Å². The first kappa shape index (κ1) is 28.8. The van der Waals surface area contributed by atoms with Crippen LogP contribution in [0.5, 0.6) is 0 Å². The molecule has 0 bridgehead atoms. The van der Waals surface area contributed by atoms with Gasteiger partial charge in [-0.25, -0.2) is 0 Å². The molecule has 4 radical (unpaired) electrons. The van der Waals surface area contributed by atoms with Crippen molar-refractivity contribution in [1.29, 1.82) is 0 Å². The van der Waals surface area contributed by atoms with Crippen molar-refractivity contribution >= 4 is 23.9 Å². The van der Waals surface area contributed by atoms with Crippen LogP contribution in [0.3, 0.4) is 0 Å². The molecular formula is PdPtSnTi. The third-order valence-corrected chi connectivity index (χ3v) is 0. The molecule has 0 spiro atoms. The maximum Gasteiger partial charge on any atom is 0 e. The molecule has 0 atom stereocenters. The fourth-order valence-corrected chi connectivity index (χ4v) is 0. The second kappa shape index (κ2) is 16.9. The predicted molar refractivity (Wildman–Crippen MR) is 5.75 cm³/mol. The van der Waals surface area contributed by atoms with Crippen molar-refractivity contribution in [3.8, 4) is 0 Å². The molecule has 0 aliphatic heterocycles. The molecule has 4 heavy (non-hydrogen) atoms. The average molecular weight is 468 g/mol. The van der Waals surface area contributed by atoms with Crippen molar-refractivity contribution in [2.24, 2.45) is 0 Å². The van der Waals surface area contributed by atoms with Crippen molar-refractivity contribution in [2.45, 2.75) is 0 Å². The molecule has 0 heterocycles. The van der Waals surface area contributed by atoms with Gasteiger partial charge in [-0.05, 0) is 0 Å². The monoisotopic (exact) mass is 469 g/mol. The Labute approximate surface area is 85.6 Å². The Morgan fingerprint density at radius 1 is 1.00 bits per heavy atom. The molecule has 28 valence electrons. The molecule has 0 fully saturated rings. The van der Waals surface area contributed by atoms with Crippen LogP contribution in [0.1, 0.15) is 0 Å². The van der Waals surface area contributed by atoms with Gasteiger partial charge in [-0.15, -0.1) is 0 Å². The second-order valence-electron chi connectivity index (χ2n) is 0. The van der Waals surface area contributed by atoms with Gasteiger partial charge in [0.2, 0.25) is 0 Å². The van der Waals surface area contributed by atoms with Crippen molar-refractivity contribution in [1.82, 2.24) is 0 Å². The van der Waals surface area contributed by atoms with Crippen LogP contribution in [0.4, 0.5) is 0 Å². The van der Waals surface area contributed by atoms with E-state index in [9.17, 15) is 0 Å². The van der Waals surface area contributed by atoms with E-state index < -0.39 is 0 Å². The van der Waals surface area contributed by atoms with Crippen molar-refractivity contribution < 1.29 is 63.2 Å². The fraction of sp³-hybridized carbons (Fsp3) is 0. The van der Waals surface area contributed by atoms with E-state index in [1.165, 1.54) is 0 Å². The largest absolute Gasteiger partial charge is 0 e. The molecule has 0 amide bonds. The van der Waals surface area contributed by atoms with Gasteiger partial charge in [0.05, 0.1) is 0 Å². The minimum Gasteiger partial charge on any atom is 0 e. The summed E-state index contributed by atoms with van der Waals surface area (Å²) in [7, 11) is 0. The van der Waals surface area contributed by atoms with Crippen molar-refractivity contribution in [3.05, 3.63) is 0 Å². The molecule has 0 aromatic rings. The zero-order valence-electron chi connectivity index (χ0n) is 1.63. The molecule has 0 saturated carbocycles. The summed E-state index contributed by atoms with van der Waals surface area (Å²) < 4.78 is 0. The summed E-state index contributed by atoms with van der Waals surface area (Å²) in [6.45, 7) is 0. The first-order valence-electron chi connectivity index (χ1n) is 0. The Hall–Kier alpha value is 2.86. The van der Waals surface area contributed by atoms with E-state index in [1.807, 2.05) is 0 Å². The van der Waals surface area contributed by atoms with E-state index in [2.05, 4.69) is 0 Å². The predicted octanol–water partition coefficient (Wildman–Crippen LogP) is -0.388. The molecule has 0 aromatic carbocycles. The van der Waals surface area contributed by atoms with E-state index in [0.717, 1.165) is 0 Å². The molecule has 0 aliphatic rings. The normalized spacial score (nSPS) is 0. The quantitative estimate of drug-likeness (QED) is 0.426. The van der Waals surface area contributed by atoms with Crippen LogP contribution >= 0.6 is 0 Å². The smallest absolute Gasteiger partial charge is 0 e. The van der Waals surface area contributed by atoms with Gasteiger partial charge in [0, 0.05) is 87.1 Å². The van der Waals surface area contributed by atoms with E-state index in [0.29, 0.717) is 0 Å². The van der Waals surface area contributed by atoms with E-state index in [1.54, 1.807) is 0 Å². The summed E-state index contributed by atoms with van der Waals surface area (Å²) in [6.07, 6.45) is 0. The van der Waals surface area contributed by atoms with E-state index >= 15 is 0 Å². The molecule has 0 unspecified atom stereocenters. The first-order chi connectivity index (χ1) is 0. The van der Waals surface area contributed by atoms with Crippen molar-refractivity contribution in [3.63, 3.8) is 0 Å². The summed E-state index contributed by atoms with van der Waals surface area (Å²) in [5, 5.41) is 0. The van der Waals surface area contributed by atoms with Crippen molar-refractivity contribution in [2.75, 3.05) is 0 Å². The van der Waals surface area contributed by atoms with E-state index in [-0.39, 0.29) is 87.1 Å². The first-order valence-corrected chi connectivity index (χ1v) is 0. The molecule has 0 aliphatic carbocycles. The second-order valence-corrected chi connectivity index (χ2v) is 0. The zero-order valence-corrected chi connectivity index (χ0v) is 9.87. The maximum atomic E-state index is 0. The van der Waals surface area contributed by atoms with E-state index in [4.69, 9.17) is 0 Å². The SMILES string of the molecule is [Pd].[Pt].[Sn].[Ti]. The fourth-order valence-electron chi connectivity index (χ4n) is 0. The minimum absolute atomic E-state index is 0. The molecule has 0 rings (SSSR count). The van der Waals surface area contributed by atoms with Gasteiger partial charge in [0.1, 0.15) is 0 Å². The number of rotatable bonds is 0.